The normalized spacial score (nSPS) is 17.9. The third kappa shape index (κ3) is 1.85. The second-order valence-electron chi connectivity index (χ2n) is 4.10. The van der Waals surface area contributed by atoms with Crippen molar-refractivity contribution in [3.8, 4) is 0 Å². The van der Waals surface area contributed by atoms with Gasteiger partial charge < -0.3 is 5.32 Å². The van der Waals surface area contributed by atoms with Gasteiger partial charge in [-0.25, -0.2) is 0 Å². The lowest BCUT2D eigenvalue weighted by Gasteiger charge is -2.12. The molecule has 2 aromatic heterocycles. The summed E-state index contributed by atoms with van der Waals surface area (Å²) in [7, 11) is 0. The molecule has 1 unspecified atom stereocenters. The zero-order valence-electron chi connectivity index (χ0n) is 9.86. The van der Waals surface area contributed by atoms with Gasteiger partial charge in [-0.2, -0.15) is 0 Å². The van der Waals surface area contributed by atoms with E-state index >= 15 is 0 Å². The summed E-state index contributed by atoms with van der Waals surface area (Å²) in [5.41, 5.74) is 4.10. The molecule has 3 rings (SSSR count). The topological polar surface area (TPSA) is 24.9 Å². The van der Waals surface area contributed by atoms with Gasteiger partial charge >= 0.3 is 0 Å². The summed E-state index contributed by atoms with van der Waals surface area (Å²) >= 11 is 3.75. The average molecular weight is 262 g/mol. The van der Waals surface area contributed by atoms with Crippen molar-refractivity contribution in [1.29, 1.82) is 0 Å². The van der Waals surface area contributed by atoms with E-state index < -0.39 is 0 Å². The van der Waals surface area contributed by atoms with Gasteiger partial charge in [0.2, 0.25) is 0 Å². The Balaban J connectivity index is 1.96. The molecule has 1 atom stereocenters. The van der Waals surface area contributed by atoms with Gasteiger partial charge in [0, 0.05) is 21.5 Å². The Hall–Kier alpha value is -1.000. The SMILES string of the molecule is CCc1csc(C)c1C1Nc2cnccc2S1. The zero-order valence-corrected chi connectivity index (χ0v) is 11.5. The molecule has 2 aromatic rings. The Kier molecular flexibility index (Phi) is 2.84. The highest BCUT2D eigenvalue weighted by Crippen LogP contribution is 2.48. The summed E-state index contributed by atoms with van der Waals surface area (Å²) < 4.78 is 0. The number of anilines is 1. The van der Waals surface area contributed by atoms with Crippen molar-refractivity contribution < 1.29 is 0 Å². The first kappa shape index (κ1) is 11.1. The smallest absolute Gasteiger partial charge is 0.104 e. The highest BCUT2D eigenvalue weighted by atomic mass is 32.2. The number of aromatic nitrogens is 1. The predicted octanol–water partition coefficient (Wildman–Crippen LogP) is 4.23. The van der Waals surface area contributed by atoms with Crippen LogP contribution in [0.1, 0.15) is 28.3 Å². The molecule has 4 heteroatoms. The van der Waals surface area contributed by atoms with Crippen LogP contribution in [-0.2, 0) is 6.42 Å². The monoisotopic (exact) mass is 262 g/mol. The molecule has 0 radical (unpaired) electrons. The van der Waals surface area contributed by atoms with Crippen LogP contribution in [0.2, 0.25) is 0 Å². The van der Waals surface area contributed by atoms with Crippen LogP contribution in [0, 0.1) is 6.92 Å². The van der Waals surface area contributed by atoms with Gasteiger partial charge in [0.15, 0.2) is 0 Å². The first-order chi connectivity index (χ1) is 8.29. The fourth-order valence-corrected chi connectivity index (χ4v) is 4.49. The number of thiophene rings is 1. The second kappa shape index (κ2) is 4.35. The highest BCUT2D eigenvalue weighted by Gasteiger charge is 2.26. The van der Waals surface area contributed by atoms with E-state index in [1.807, 2.05) is 35.5 Å². The van der Waals surface area contributed by atoms with Crippen molar-refractivity contribution in [2.24, 2.45) is 0 Å². The highest BCUT2D eigenvalue weighted by molar-refractivity contribution is 8.00. The number of rotatable bonds is 2. The minimum atomic E-state index is 0.357. The van der Waals surface area contributed by atoms with E-state index in [2.05, 4.69) is 35.6 Å². The van der Waals surface area contributed by atoms with Crippen LogP contribution in [0.3, 0.4) is 0 Å². The predicted molar refractivity (Wildman–Crippen MR) is 74.9 cm³/mol. The van der Waals surface area contributed by atoms with Crippen molar-refractivity contribution in [2.45, 2.75) is 30.5 Å². The largest absolute Gasteiger partial charge is 0.367 e. The van der Waals surface area contributed by atoms with Gasteiger partial charge in [0.05, 0.1) is 11.9 Å². The third-order valence-electron chi connectivity index (χ3n) is 3.06. The zero-order chi connectivity index (χ0) is 11.8. The number of aryl methyl sites for hydroxylation is 2. The number of fused-ring (bicyclic) bond motifs is 1. The number of nitrogens with one attached hydrogen (secondary N) is 1. The Morgan fingerprint density at radius 3 is 3.12 bits per heavy atom. The van der Waals surface area contributed by atoms with Crippen molar-refractivity contribution in [3.63, 3.8) is 0 Å². The maximum absolute atomic E-state index is 4.16. The van der Waals surface area contributed by atoms with E-state index in [-0.39, 0.29) is 0 Å². The molecule has 1 N–H and O–H groups in total. The summed E-state index contributed by atoms with van der Waals surface area (Å²) in [6.45, 7) is 4.43. The first-order valence-corrected chi connectivity index (χ1v) is 7.49. The molecule has 0 saturated carbocycles. The summed E-state index contributed by atoms with van der Waals surface area (Å²) in [5.74, 6) is 0. The molecule has 0 saturated heterocycles. The molecule has 88 valence electrons. The maximum atomic E-state index is 4.16. The van der Waals surface area contributed by atoms with Crippen molar-refractivity contribution in [1.82, 2.24) is 4.98 Å². The summed E-state index contributed by atoms with van der Waals surface area (Å²) in [6.07, 6.45) is 4.87. The minimum Gasteiger partial charge on any atom is -0.367 e. The van der Waals surface area contributed by atoms with Crippen molar-refractivity contribution in [3.05, 3.63) is 39.8 Å². The van der Waals surface area contributed by atoms with Gasteiger partial charge in [-0.1, -0.05) is 18.7 Å². The second-order valence-corrected chi connectivity index (χ2v) is 6.33. The van der Waals surface area contributed by atoms with Crippen LogP contribution < -0.4 is 5.32 Å². The Morgan fingerprint density at radius 1 is 1.47 bits per heavy atom. The van der Waals surface area contributed by atoms with Crippen molar-refractivity contribution in [2.75, 3.05) is 5.32 Å². The number of hydrogen-bond donors (Lipinski definition) is 1. The molecule has 17 heavy (non-hydrogen) atoms. The number of nitrogens with zero attached hydrogens (tertiary/aromatic N) is 1. The van der Waals surface area contributed by atoms with Gasteiger partial charge in [-0.05, 0) is 30.4 Å². The lowest BCUT2D eigenvalue weighted by Crippen LogP contribution is -2.04. The van der Waals surface area contributed by atoms with Crippen LogP contribution in [0.5, 0.6) is 0 Å². The quantitative estimate of drug-likeness (QED) is 0.876. The van der Waals surface area contributed by atoms with Crippen LogP contribution in [0.4, 0.5) is 5.69 Å². The molecule has 0 amide bonds. The number of thioether (sulfide) groups is 1. The number of pyridine rings is 1. The Morgan fingerprint density at radius 2 is 2.35 bits per heavy atom. The lowest BCUT2D eigenvalue weighted by molar-refractivity contribution is 1.04. The molecular formula is C13H14N2S2. The molecule has 3 heterocycles. The van der Waals surface area contributed by atoms with Crippen LogP contribution >= 0.6 is 23.1 Å². The fourth-order valence-electron chi connectivity index (χ4n) is 2.16. The maximum Gasteiger partial charge on any atom is 0.104 e. The molecule has 0 bridgehead atoms. The van der Waals surface area contributed by atoms with Gasteiger partial charge in [-0.3, -0.25) is 4.98 Å². The van der Waals surface area contributed by atoms with E-state index in [1.165, 1.54) is 20.9 Å². The fraction of sp³-hybridized carbons (Fsp3) is 0.308. The van der Waals surface area contributed by atoms with E-state index in [0.717, 1.165) is 12.1 Å². The molecule has 0 aliphatic carbocycles. The summed E-state index contributed by atoms with van der Waals surface area (Å²) in [6, 6.07) is 2.08. The first-order valence-electron chi connectivity index (χ1n) is 5.73. The number of hydrogen-bond acceptors (Lipinski definition) is 4. The summed E-state index contributed by atoms with van der Waals surface area (Å²) in [4.78, 5) is 6.89. The van der Waals surface area contributed by atoms with Gasteiger partial charge in [0.25, 0.3) is 0 Å². The molecule has 2 nitrogen and oxygen atoms in total. The average Bonchev–Trinajstić information content (AvgIpc) is 2.91. The molecule has 0 fully saturated rings. The molecule has 0 spiro atoms. The van der Waals surface area contributed by atoms with Crippen LogP contribution in [0.15, 0.2) is 28.7 Å². The van der Waals surface area contributed by atoms with Gasteiger partial charge in [0.1, 0.15) is 5.37 Å². The summed E-state index contributed by atoms with van der Waals surface area (Å²) in [5, 5.41) is 6.20. The Labute approximate surface area is 109 Å². The third-order valence-corrected chi connectivity index (χ3v) is 5.23. The van der Waals surface area contributed by atoms with Crippen molar-refractivity contribution >= 4 is 28.8 Å². The van der Waals surface area contributed by atoms with Crippen LogP contribution in [-0.4, -0.2) is 4.98 Å². The standard InChI is InChI=1S/C13H14N2S2/c1-3-9-7-16-8(2)12(9)13-15-10-6-14-5-4-11(10)17-13/h4-7,13,15H,3H2,1-2H3. The van der Waals surface area contributed by atoms with E-state index in [4.69, 9.17) is 0 Å². The van der Waals surface area contributed by atoms with Crippen LogP contribution in [0.25, 0.3) is 0 Å². The molecular weight excluding hydrogens is 248 g/mol. The molecule has 1 aliphatic heterocycles. The Bertz CT molecular complexity index is 523. The van der Waals surface area contributed by atoms with E-state index in [1.54, 1.807) is 0 Å². The van der Waals surface area contributed by atoms with E-state index in [0.29, 0.717) is 5.37 Å². The molecule has 1 aliphatic rings. The van der Waals surface area contributed by atoms with E-state index in [9.17, 15) is 0 Å². The minimum absolute atomic E-state index is 0.357. The molecule has 0 aromatic carbocycles. The van der Waals surface area contributed by atoms with Gasteiger partial charge in [-0.15, -0.1) is 11.3 Å². The lowest BCUT2D eigenvalue weighted by atomic mass is 10.1.